The number of carbonyl (C=O) groups excluding carboxylic acids is 1. The average Bonchev–Trinajstić information content (AvgIpc) is 2.18. The van der Waals surface area contributed by atoms with E-state index in [0.717, 1.165) is 11.8 Å². The van der Waals surface area contributed by atoms with Crippen LogP contribution in [0.4, 0.5) is 0 Å². The Bertz CT molecular complexity index is 371. The number of carbonyl (C=O) groups is 2. The molecule has 0 aliphatic rings. The highest BCUT2D eigenvalue weighted by atomic mass is 16.4. The number of Topliss-reactive ketones (excluding diaryl/α,β-unsaturated/α-hetero) is 1. The number of hydrogen-bond donors (Lipinski definition) is 1. The van der Waals surface area contributed by atoms with Crippen LogP contribution in [0.5, 0.6) is 0 Å². The highest BCUT2D eigenvalue weighted by molar-refractivity contribution is 6.31. The molecular weight excluding hydrogens is 194 g/mol. The van der Waals surface area contributed by atoms with E-state index in [0.29, 0.717) is 6.54 Å². The van der Waals surface area contributed by atoms with E-state index in [1.807, 2.05) is 30.3 Å². The summed E-state index contributed by atoms with van der Waals surface area (Å²) in [6.07, 6.45) is 0.569. The Morgan fingerprint density at radius 3 is 2.53 bits per heavy atom. The molecule has 1 aromatic carbocycles. The van der Waals surface area contributed by atoms with Crippen LogP contribution in [0.2, 0.25) is 0 Å². The molecule has 78 valence electrons. The lowest BCUT2D eigenvalue weighted by Crippen LogP contribution is -2.07. The first kappa shape index (κ1) is 11.1. The van der Waals surface area contributed by atoms with Gasteiger partial charge in [0.25, 0.3) is 0 Å². The maximum atomic E-state index is 10.9. The van der Waals surface area contributed by atoms with Gasteiger partial charge < -0.3 is 5.11 Å². The van der Waals surface area contributed by atoms with Crippen molar-refractivity contribution in [2.45, 2.75) is 13.0 Å². The molecule has 0 fully saturated rings. The molecule has 0 saturated heterocycles. The van der Waals surface area contributed by atoms with Gasteiger partial charge in [-0.1, -0.05) is 30.3 Å². The fraction of sp³-hybridized carbons (Fsp3) is 0.182. The van der Waals surface area contributed by atoms with Crippen molar-refractivity contribution in [2.75, 3.05) is 0 Å². The number of rotatable bonds is 5. The van der Waals surface area contributed by atoms with Crippen LogP contribution in [0.3, 0.4) is 0 Å². The molecule has 0 aliphatic carbocycles. The molecular formula is C11H11NO3. The molecule has 0 amide bonds. The van der Waals surface area contributed by atoms with Crippen molar-refractivity contribution >= 4 is 18.0 Å². The number of benzene rings is 1. The van der Waals surface area contributed by atoms with E-state index in [2.05, 4.69) is 4.99 Å². The molecule has 0 spiro atoms. The molecule has 0 atom stereocenters. The first-order chi connectivity index (χ1) is 7.18. The van der Waals surface area contributed by atoms with Crippen molar-refractivity contribution < 1.29 is 14.7 Å². The summed E-state index contributed by atoms with van der Waals surface area (Å²) in [6, 6.07) is 9.43. The van der Waals surface area contributed by atoms with Crippen LogP contribution < -0.4 is 0 Å². The Kier molecular flexibility index (Phi) is 4.22. The maximum Gasteiger partial charge on any atom is 0.311 e. The van der Waals surface area contributed by atoms with Crippen molar-refractivity contribution in [3.05, 3.63) is 35.9 Å². The van der Waals surface area contributed by atoms with Crippen molar-refractivity contribution in [2.24, 2.45) is 4.99 Å². The summed E-state index contributed by atoms with van der Waals surface area (Å²) in [4.78, 5) is 24.9. The zero-order chi connectivity index (χ0) is 11.1. The number of aliphatic carboxylic acids is 1. The second-order valence-corrected chi connectivity index (χ2v) is 2.99. The summed E-state index contributed by atoms with van der Waals surface area (Å²) >= 11 is 0. The van der Waals surface area contributed by atoms with E-state index in [-0.39, 0.29) is 0 Å². The molecule has 0 unspecified atom stereocenters. The van der Waals surface area contributed by atoms with Gasteiger partial charge in [0, 0.05) is 0 Å². The molecule has 1 rings (SSSR count). The van der Waals surface area contributed by atoms with E-state index in [1.165, 1.54) is 0 Å². The minimum absolute atomic E-state index is 0.395. The van der Waals surface area contributed by atoms with E-state index < -0.39 is 18.2 Å². The number of carboxylic acids is 1. The number of aliphatic imine (C=N–C) groups is 1. The Morgan fingerprint density at radius 2 is 1.93 bits per heavy atom. The normalized spacial score (nSPS) is 10.4. The van der Waals surface area contributed by atoms with Crippen LogP contribution in [0, 0.1) is 0 Å². The first-order valence-corrected chi connectivity index (χ1v) is 4.47. The van der Waals surface area contributed by atoms with Crippen LogP contribution in [-0.4, -0.2) is 23.1 Å². The molecule has 0 aliphatic heterocycles. The zero-order valence-corrected chi connectivity index (χ0v) is 8.09. The predicted octanol–water partition coefficient (Wildman–Crippen LogP) is 1.30. The number of hydrogen-bond acceptors (Lipinski definition) is 3. The van der Waals surface area contributed by atoms with Gasteiger partial charge in [0.2, 0.25) is 0 Å². The summed E-state index contributed by atoms with van der Waals surface area (Å²) in [5, 5.41) is 8.32. The van der Waals surface area contributed by atoms with E-state index >= 15 is 0 Å². The van der Waals surface area contributed by atoms with Gasteiger partial charge in [0.05, 0.1) is 12.8 Å². The van der Waals surface area contributed by atoms with Crippen molar-refractivity contribution in [3.8, 4) is 0 Å². The van der Waals surface area contributed by atoms with Gasteiger partial charge in [0.15, 0.2) is 5.78 Å². The molecule has 0 radical (unpaired) electrons. The van der Waals surface area contributed by atoms with Gasteiger partial charge in [-0.3, -0.25) is 14.6 Å². The van der Waals surface area contributed by atoms with E-state index in [9.17, 15) is 9.59 Å². The second kappa shape index (κ2) is 5.70. The predicted molar refractivity (Wildman–Crippen MR) is 55.9 cm³/mol. The molecule has 1 N–H and O–H groups in total. The molecule has 0 heterocycles. The lowest BCUT2D eigenvalue weighted by Gasteiger charge is -1.93. The van der Waals surface area contributed by atoms with Gasteiger partial charge in [-0.2, -0.15) is 0 Å². The number of nitrogens with zero attached hydrogens (tertiary/aromatic N) is 1. The van der Waals surface area contributed by atoms with Crippen LogP contribution in [0.15, 0.2) is 35.3 Å². The van der Waals surface area contributed by atoms with E-state index in [4.69, 9.17) is 5.11 Å². The SMILES string of the molecule is O=C(O)CC(=O)C=NCc1ccccc1. The van der Waals surface area contributed by atoms with Crippen molar-refractivity contribution in [1.82, 2.24) is 0 Å². The van der Waals surface area contributed by atoms with Gasteiger partial charge in [-0.05, 0) is 5.56 Å². The van der Waals surface area contributed by atoms with E-state index in [1.54, 1.807) is 0 Å². The topological polar surface area (TPSA) is 66.7 Å². The highest BCUT2D eigenvalue weighted by Crippen LogP contribution is 1.99. The van der Waals surface area contributed by atoms with Gasteiger partial charge >= 0.3 is 5.97 Å². The summed E-state index contributed by atoms with van der Waals surface area (Å²) in [7, 11) is 0. The quantitative estimate of drug-likeness (QED) is 0.582. The lowest BCUT2D eigenvalue weighted by molar-refractivity contribution is -0.138. The molecule has 0 aromatic heterocycles. The monoisotopic (exact) mass is 205 g/mol. The van der Waals surface area contributed by atoms with Crippen LogP contribution >= 0.6 is 0 Å². The molecule has 15 heavy (non-hydrogen) atoms. The fourth-order valence-corrected chi connectivity index (χ4v) is 1.03. The summed E-state index contributed by atoms with van der Waals surface area (Å²) in [5.74, 6) is -1.62. The fourth-order valence-electron chi connectivity index (χ4n) is 1.03. The molecule has 0 saturated carbocycles. The average molecular weight is 205 g/mol. The lowest BCUT2D eigenvalue weighted by atomic mass is 10.2. The summed E-state index contributed by atoms with van der Waals surface area (Å²) < 4.78 is 0. The largest absolute Gasteiger partial charge is 0.481 e. The summed E-state index contributed by atoms with van der Waals surface area (Å²) in [5.41, 5.74) is 0.983. The number of ketones is 1. The number of carboxylic acid groups (broad SMARTS) is 1. The minimum Gasteiger partial charge on any atom is -0.481 e. The molecule has 1 aromatic rings. The maximum absolute atomic E-state index is 10.9. The van der Waals surface area contributed by atoms with Crippen molar-refractivity contribution in [3.63, 3.8) is 0 Å². The van der Waals surface area contributed by atoms with Crippen LogP contribution in [0.1, 0.15) is 12.0 Å². The van der Waals surface area contributed by atoms with Gasteiger partial charge in [-0.15, -0.1) is 0 Å². The Balaban J connectivity index is 2.40. The van der Waals surface area contributed by atoms with Crippen LogP contribution in [0.25, 0.3) is 0 Å². The second-order valence-electron chi connectivity index (χ2n) is 2.99. The summed E-state index contributed by atoms with van der Waals surface area (Å²) in [6.45, 7) is 0.395. The standard InChI is InChI=1S/C11H11NO3/c13-10(6-11(14)15)8-12-7-9-4-2-1-3-5-9/h1-5,8H,6-7H2,(H,14,15). The smallest absolute Gasteiger partial charge is 0.311 e. The molecule has 4 nitrogen and oxygen atoms in total. The third-order valence-corrected chi connectivity index (χ3v) is 1.68. The van der Waals surface area contributed by atoms with Crippen molar-refractivity contribution in [1.29, 1.82) is 0 Å². The third-order valence-electron chi connectivity index (χ3n) is 1.68. The van der Waals surface area contributed by atoms with Crippen LogP contribution in [-0.2, 0) is 16.1 Å². The molecule has 0 bridgehead atoms. The van der Waals surface area contributed by atoms with Gasteiger partial charge in [-0.25, -0.2) is 0 Å². The minimum atomic E-state index is -1.13. The zero-order valence-electron chi connectivity index (χ0n) is 8.09. The highest BCUT2D eigenvalue weighted by Gasteiger charge is 2.03. The Hall–Kier alpha value is -1.97. The molecule has 4 heteroatoms. The Labute approximate surface area is 87.3 Å². The third kappa shape index (κ3) is 4.71. The van der Waals surface area contributed by atoms with Gasteiger partial charge in [0.1, 0.15) is 6.42 Å². The first-order valence-electron chi connectivity index (χ1n) is 4.47. The Morgan fingerprint density at radius 1 is 1.27 bits per heavy atom.